The lowest BCUT2D eigenvalue weighted by molar-refractivity contribution is 0.472. The summed E-state index contributed by atoms with van der Waals surface area (Å²) in [5, 5.41) is 0.246. The van der Waals surface area contributed by atoms with Gasteiger partial charge in [-0.15, -0.1) is 0 Å². The molecule has 0 N–H and O–H groups in total. The van der Waals surface area contributed by atoms with E-state index in [1.54, 1.807) is 6.07 Å². The largest absolute Gasteiger partial charge is 0.244 e. The maximum Gasteiger partial charge on any atom is 0.244 e. The minimum atomic E-state index is -3.59. The van der Waals surface area contributed by atoms with Gasteiger partial charge >= 0.3 is 0 Å². The smallest absolute Gasteiger partial charge is 0.243 e. The van der Waals surface area contributed by atoms with Gasteiger partial charge in [-0.05, 0) is 30.2 Å². The van der Waals surface area contributed by atoms with Crippen molar-refractivity contribution < 1.29 is 12.8 Å². The van der Waals surface area contributed by atoms with E-state index in [0.717, 1.165) is 5.56 Å². The van der Waals surface area contributed by atoms with Gasteiger partial charge in [0.05, 0.1) is 0 Å². The zero-order valence-corrected chi connectivity index (χ0v) is 13.1. The van der Waals surface area contributed by atoms with E-state index in [0.29, 0.717) is 19.5 Å². The van der Waals surface area contributed by atoms with Crippen LogP contribution in [0.1, 0.15) is 17.9 Å². The maximum atomic E-state index is 12.9. The Morgan fingerprint density at radius 1 is 1.18 bits per heavy atom. The second-order valence-electron chi connectivity index (χ2n) is 5.08. The molecule has 3 heterocycles. The summed E-state index contributed by atoms with van der Waals surface area (Å²) in [7, 11) is -3.59. The van der Waals surface area contributed by atoms with Gasteiger partial charge in [-0.1, -0.05) is 17.7 Å². The molecule has 3 rings (SSSR count). The van der Waals surface area contributed by atoms with Crippen molar-refractivity contribution in [2.75, 3.05) is 13.1 Å². The fourth-order valence-corrected chi connectivity index (χ4v) is 4.07. The quantitative estimate of drug-likeness (QED) is 0.804. The first-order valence-electron chi connectivity index (χ1n) is 6.70. The van der Waals surface area contributed by atoms with Crippen LogP contribution in [0, 0.1) is 5.95 Å². The number of aromatic nitrogens is 2. The molecule has 0 spiro atoms. The summed E-state index contributed by atoms with van der Waals surface area (Å²) >= 11 is 5.68. The van der Waals surface area contributed by atoms with Crippen LogP contribution in [0.25, 0.3) is 0 Å². The highest BCUT2D eigenvalue weighted by Gasteiger charge is 2.33. The lowest BCUT2D eigenvalue weighted by atomic mass is 10.0. The molecule has 5 nitrogen and oxygen atoms in total. The molecule has 0 saturated carbocycles. The zero-order valence-electron chi connectivity index (χ0n) is 11.5. The Balaban J connectivity index is 1.79. The van der Waals surface area contributed by atoms with Crippen LogP contribution in [0.2, 0.25) is 5.15 Å². The van der Waals surface area contributed by atoms with E-state index >= 15 is 0 Å². The highest BCUT2D eigenvalue weighted by atomic mass is 35.5. The van der Waals surface area contributed by atoms with Gasteiger partial charge in [0.2, 0.25) is 16.0 Å². The first-order valence-corrected chi connectivity index (χ1v) is 8.52. The molecule has 2 aromatic rings. The van der Waals surface area contributed by atoms with E-state index in [-0.39, 0.29) is 16.0 Å². The standard InChI is InChI=1S/C14H13ClFN3O2S/c15-13-3-2-12(8-17-13)22(20,21)19-6-5-11(9-19)10-1-4-14(16)18-7-10/h1-4,7-8,11H,5-6,9H2. The van der Waals surface area contributed by atoms with E-state index in [9.17, 15) is 12.8 Å². The van der Waals surface area contributed by atoms with Crippen LogP contribution >= 0.6 is 11.6 Å². The van der Waals surface area contributed by atoms with Gasteiger partial charge in [0.15, 0.2) is 0 Å². The first-order chi connectivity index (χ1) is 10.5. The molecule has 0 radical (unpaired) electrons. The predicted molar refractivity (Wildman–Crippen MR) is 79.6 cm³/mol. The van der Waals surface area contributed by atoms with Crippen molar-refractivity contribution in [3.63, 3.8) is 0 Å². The number of sulfonamides is 1. The van der Waals surface area contributed by atoms with Crippen LogP contribution < -0.4 is 0 Å². The van der Waals surface area contributed by atoms with Gasteiger partial charge < -0.3 is 0 Å². The SMILES string of the molecule is O=S(=O)(c1ccc(Cl)nc1)N1CCC(c2ccc(F)nc2)C1. The van der Waals surface area contributed by atoms with Crippen molar-refractivity contribution in [2.45, 2.75) is 17.2 Å². The van der Waals surface area contributed by atoms with Crippen LogP contribution in [0.5, 0.6) is 0 Å². The summed E-state index contributed by atoms with van der Waals surface area (Å²) in [5.74, 6) is -0.526. The highest BCUT2D eigenvalue weighted by Crippen LogP contribution is 2.30. The Morgan fingerprint density at radius 3 is 2.64 bits per heavy atom. The van der Waals surface area contributed by atoms with E-state index < -0.39 is 16.0 Å². The number of pyridine rings is 2. The van der Waals surface area contributed by atoms with Gasteiger partial charge in [0, 0.05) is 31.4 Å². The summed E-state index contributed by atoms with van der Waals surface area (Å²) in [6.07, 6.45) is 3.39. The molecule has 22 heavy (non-hydrogen) atoms. The molecule has 0 aliphatic carbocycles. The normalized spacial score (nSPS) is 19.5. The molecule has 1 aliphatic heterocycles. The molecule has 2 aromatic heterocycles. The fraction of sp³-hybridized carbons (Fsp3) is 0.286. The molecule has 1 fully saturated rings. The summed E-state index contributed by atoms with van der Waals surface area (Å²) in [4.78, 5) is 7.55. The lowest BCUT2D eigenvalue weighted by Crippen LogP contribution is -2.28. The Bertz CT molecular complexity index is 766. The van der Waals surface area contributed by atoms with Gasteiger partial charge in [-0.25, -0.2) is 18.4 Å². The minimum Gasteiger partial charge on any atom is -0.243 e. The number of hydrogen-bond donors (Lipinski definition) is 0. The third kappa shape index (κ3) is 2.97. The van der Waals surface area contributed by atoms with Gasteiger partial charge in [0.25, 0.3) is 0 Å². The van der Waals surface area contributed by atoms with E-state index in [1.165, 1.54) is 34.9 Å². The molecule has 0 aromatic carbocycles. The van der Waals surface area contributed by atoms with E-state index in [2.05, 4.69) is 9.97 Å². The van der Waals surface area contributed by atoms with Crippen molar-refractivity contribution >= 4 is 21.6 Å². The third-order valence-electron chi connectivity index (χ3n) is 3.71. The Morgan fingerprint density at radius 2 is 2.00 bits per heavy atom. The van der Waals surface area contributed by atoms with Gasteiger partial charge in [-0.3, -0.25) is 0 Å². The van der Waals surface area contributed by atoms with E-state index in [1.807, 2.05) is 0 Å². The van der Waals surface area contributed by atoms with Crippen molar-refractivity contribution in [1.29, 1.82) is 0 Å². The van der Waals surface area contributed by atoms with Crippen LogP contribution in [-0.4, -0.2) is 35.8 Å². The molecule has 1 aliphatic rings. The molecular weight excluding hydrogens is 329 g/mol. The molecule has 0 amide bonds. The second kappa shape index (κ2) is 5.91. The summed E-state index contributed by atoms with van der Waals surface area (Å²) in [6, 6.07) is 5.83. The van der Waals surface area contributed by atoms with Crippen molar-refractivity contribution in [3.05, 3.63) is 53.3 Å². The number of halogens is 2. The summed E-state index contributed by atoms with van der Waals surface area (Å²) in [5.41, 5.74) is 0.841. The molecule has 8 heteroatoms. The monoisotopic (exact) mass is 341 g/mol. The van der Waals surface area contributed by atoms with Gasteiger partial charge in [-0.2, -0.15) is 8.70 Å². The van der Waals surface area contributed by atoms with Gasteiger partial charge in [0.1, 0.15) is 10.0 Å². The third-order valence-corrected chi connectivity index (χ3v) is 5.78. The second-order valence-corrected chi connectivity index (χ2v) is 7.40. The van der Waals surface area contributed by atoms with Crippen molar-refractivity contribution in [1.82, 2.24) is 14.3 Å². The summed E-state index contributed by atoms with van der Waals surface area (Å²) in [6.45, 7) is 0.755. The predicted octanol–water partition coefficient (Wildman–Crippen LogP) is 2.45. The topological polar surface area (TPSA) is 63.2 Å². The average Bonchev–Trinajstić information content (AvgIpc) is 2.99. The number of rotatable bonds is 3. The first kappa shape index (κ1) is 15.3. The molecule has 1 saturated heterocycles. The van der Waals surface area contributed by atoms with Crippen LogP contribution in [0.4, 0.5) is 4.39 Å². The average molecular weight is 342 g/mol. The molecular formula is C14H13ClFN3O2S. The lowest BCUT2D eigenvalue weighted by Gasteiger charge is -2.16. The Kier molecular flexibility index (Phi) is 4.12. The van der Waals surface area contributed by atoms with Crippen molar-refractivity contribution in [2.24, 2.45) is 0 Å². The Labute approximate surface area is 132 Å². The van der Waals surface area contributed by atoms with E-state index in [4.69, 9.17) is 11.6 Å². The van der Waals surface area contributed by atoms with Crippen LogP contribution in [0.15, 0.2) is 41.6 Å². The Hall–Kier alpha value is -1.57. The fourth-order valence-electron chi connectivity index (χ4n) is 2.51. The molecule has 0 bridgehead atoms. The van der Waals surface area contributed by atoms with Crippen LogP contribution in [0.3, 0.4) is 0 Å². The highest BCUT2D eigenvalue weighted by molar-refractivity contribution is 7.89. The maximum absolute atomic E-state index is 12.9. The number of nitrogens with zero attached hydrogens (tertiary/aromatic N) is 3. The van der Waals surface area contributed by atoms with Crippen molar-refractivity contribution in [3.8, 4) is 0 Å². The molecule has 1 atom stereocenters. The summed E-state index contributed by atoms with van der Waals surface area (Å²) < 4.78 is 39.4. The zero-order chi connectivity index (χ0) is 15.7. The molecule has 116 valence electrons. The minimum absolute atomic E-state index is 0.0168. The molecule has 1 unspecified atom stereocenters. The number of hydrogen-bond acceptors (Lipinski definition) is 4. The van der Waals surface area contributed by atoms with Crippen LogP contribution in [-0.2, 0) is 10.0 Å².